The molecule has 118 valence electrons. The molecule has 2 rings (SSSR count). The largest absolute Gasteiger partial charge is 0.493 e. The Kier molecular flexibility index (Phi) is 6.58. The van der Waals surface area contributed by atoms with E-state index in [-0.39, 0.29) is 24.4 Å². The van der Waals surface area contributed by atoms with Crippen LogP contribution in [-0.2, 0) is 0 Å². The quantitative estimate of drug-likeness (QED) is 0.855. The van der Waals surface area contributed by atoms with E-state index in [0.717, 1.165) is 19.5 Å². The molecule has 0 radical (unpaired) electrons. The summed E-state index contributed by atoms with van der Waals surface area (Å²) >= 11 is 0. The summed E-state index contributed by atoms with van der Waals surface area (Å²) in [6, 6.07) is 3.47. The van der Waals surface area contributed by atoms with E-state index in [9.17, 15) is 4.79 Å². The third kappa shape index (κ3) is 3.92. The molecule has 1 aromatic rings. The Labute approximate surface area is 130 Å². The fourth-order valence-electron chi connectivity index (χ4n) is 2.26. The molecule has 0 aliphatic carbocycles. The van der Waals surface area contributed by atoms with Crippen LogP contribution in [0.15, 0.2) is 12.1 Å². The van der Waals surface area contributed by atoms with Gasteiger partial charge in [-0.25, -0.2) is 0 Å². The monoisotopic (exact) mass is 316 g/mol. The molecule has 2 N–H and O–H groups in total. The van der Waals surface area contributed by atoms with Crippen LogP contribution >= 0.6 is 12.4 Å². The first-order chi connectivity index (χ1) is 9.69. The van der Waals surface area contributed by atoms with Crippen molar-refractivity contribution in [2.75, 3.05) is 34.4 Å². The van der Waals surface area contributed by atoms with Gasteiger partial charge in [-0.1, -0.05) is 0 Å². The molecule has 0 aromatic heterocycles. The van der Waals surface area contributed by atoms with Crippen molar-refractivity contribution in [1.29, 1.82) is 0 Å². The fourth-order valence-corrected chi connectivity index (χ4v) is 2.26. The van der Waals surface area contributed by atoms with Gasteiger partial charge in [0.25, 0.3) is 5.91 Å². The number of carbonyl (C=O) groups excluding carboxylic acids is 1. The van der Waals surface area contributed by atoms with Gasteiger partial charge in [-0.3, -0.25) is 4.79 Å². The number of rotatable bonds is 5. The minimum atomic E-state index is -0.141. The minimum absolute atomic E-state index is 0. The second-order valence-corrected chi connectivity index (χ2v) is 4.58. The zero-order chi connectivity index (χ0) is 14.5. The zero-order valence-corrected chi connectivity index (χ0v) is 13.2. The van der Waals surface area contributed by atoms with E-state index in [2.05, 4.69) is 10.6 Å². The average molecular weight is 317 g/mol. The highest BCUT2D eigenvalue weighted by Crippen LogP contribution is 2.38. The number of benzene rings is 1. The van der Waals surface area contributed by atoms with Crippen LogP contribution in [0.2, 0.25) is 0 Å². The Morgan fingerprint density at radius 1 is 1.19 bits per heavy atom. The van der Waals surface area contributed by atoms with Crippen LogP contribution in [0.1, 0.15) is 16.8 Å². The number of carbonyl (C=O) groups is 1. The Morgan fingerprint density at radius 3 is 2.24 bits per heavy atom. The lowest BCUT2D eigenvalue weighted by atomic mass is 10.1. The molecule has 1 aromatic carbocycles. The average Bonchev–Trinajstić information content (AvgIpc) is 2.98. The van der Waals surface area contributed by atoms with Gasteiger partial charge in [-0.05, 0) is 25.1 Å². The van der Waals surface area contributed by atoms with Gasteiger partial charge in [-0.15, -0.1) is 12.4 Å². The van der Waals surface area contributed by atoms with Crippen molar-refractivity contribution in [1.82, 2.24) is 10.6 Å². The molecule has 1 unspecified atom stereocenters. The lowest BCUT2D eigenvalue weighted by molar-refractivity contribution is 0.0939. The zero-order valence-electron chi connectivity index (χ0n) is 12.4. The van der Waals surface area contributed by atoms with E-state index in [1.165, 1.54) is 21.3 Å². The summed E-state index contributed by atoms with van der Waals surface area (Å²) < 4.78 is 15.7. The Bertz CT molecular complexity index is 465. The predicted octanol–water partition coefficient (Wildman–Crippen LogP) is 1.23. The number of nitrogens with one attached hydrogen (secondary N) is 2. The summed E-state index contributed by atoms with van der Waals surface area (Å²) in [5, 5.41) is 6.19. The molecule has 1 aliphatic rings. The van der Waals surface area contributed by atoms with Gasteiger partial charge in [0.05, 0.1) is 21.3 Å². The van der Waals surface area contributed by atoms with Crippen molar-refractivity contribution < 1.29 is 19.0 Å². The Balaban J connectivity index is 0.00000220. The van der Waals surface area contributed by atoms with E-state index in [4.69, 9.17) is 14.2 Å². The van der Waals surface area contributed by atoms with Crippen LogP contribution in [0.3, 0.4) is 0 Å². The van der Waals surface area contributed by atoms with Gasteiger partial charge in [-0.2, -0.15) is 0 Å². The molecule has 1 fully saturated rings. The SMILES string of the molecule is COc1cc(C(=O)NC2CCNC2)cc(OC)c1OC.Cl. The summed E-state index contributed by atoms with van der Waals surface area (Å²) in [4.78, 5) is 12.2. The van der Waals surface area contributed by atoms with E-state index < -0.39 is 0 Å². The molecule has 1 atom stereocenters. The fraction of sp³-hybridized carbons (Fsp3) is 0.500. The number of hydrogen-bond donors (Lipinski definition) is 2. The van der Waals surface area contributed by atoms with Crippen LogP contribution < -0.4 is 24.8 Å². The van der Waals surface area contributed by atoms with Gasteiger partial charge in [0.2, 0.25) is 5.75 Å². The molecule has 1 saturated heterocycles. The van der Waals surface area contributed by atoms with Gasteiger partial charge >= 0.3 is 0 Å². The summed E-state index contributed by atoms with van der Waals surface area (Å²) in [5.41, 5.74) is 0.492. The maximum absolute atomic E-state index is 12.2. The van der Waals surface area contributed by atoms with E-state index in [0.29, 0.717) is 22.8 Å². The highest BCUT2D eigenvalue weighted by molar-refractivity contribution is 5.95. The first kappa shape index (κ1) is 17.4. The summed E-state index contributed by atoms with van der Waals surface area (Å²) in [6.07, 6.45) is 0.941. The normalized spacial score (nSPS) is 16.8. The van der Waals surface area contributed by atoms with E-state index >= 15 is 0 Å². The van der Waals surface area contributed by atoms with Crippen molar-refractivity contribution in [3.8, 4) is 17.2 Å². The Hall–Kier alpha value is -1.66. The first-order valence-electron chi connectivity index (χ1n) is 6.51. The van der Waals surface area contributed by atoms with Crippen molar-refractivity contribution in [3.63, 3.8) is 0 Å². The molecular formula is C14H21ClN2O4. The highest BCUT2D eigenvalue weighted by Gasteiger charge is 2.20. The van der Waals surface area contributed by atoms with Gasteiger partial charge < -0.3 is 24.8 Å². The third-order valence-electron chi connectivity index (χ3n) is 3.32. The predicted molar refractivity (Wildman–Crippen MR) is 82.1 cm³/mol. The highest BCUT2D eigenvalue weighted by atomic mass is 35.5. The van der Waals surface area contributed by atoms with Crippen LogP contribution in [0, 0.1) is 0 Å². The minimum Gasteiger partial charge on any atom is -0.493 e. The van der Waals surface area contributed by atoms with Crippen LogP contribution in [0.25, 0.3) is 0 Å². The van der Waals surface area contributed by atoms with Crippen molar-refractivity contribution in [2.24, 2.45) is 0 Å². The van der Waals surface area contributed by atoms with Gasteiger partial charge in [0, 0.05) is 18.2 Å². The summed E-state index contributed by atoms with van der Waals surface area (Å²) in [6.45, 7) is 1.73. The smallest absolute Gasteiger partial charge is 0.251 e. The lowest BCUT2D eigenvalue weighted by Crippen LogP contribution is -2.36. The van der Waals surface area contributed by atoms with Crippen molar-refractivity contribution >= 4 is 18.3 Å². The number of halogens is 1. The maximum atomic E-state index is 12.2. The number of methoxy groups -OCH3 is 3. The van der Waals surface area contributed by atoms with Gasteiger partial charge in [0.15, 0.2) is 11.5 Å². The molecule has 0 bridgehead atoms. The van der Waals surface area contributed by atoms with Crippen LogP contribution in [0.4, 0.5) is 0 Å². The number of ether oxygens (including phenoxy) is 3. The first-order valence-corrected chi connectivity index (χ1v) is 6.51. The maximum Gasteiger partial charge on any atom is 0.251 e. The number of hydrogen-bond acceptors (Lipinski definition) is 5. The molecule has 0 saturated carbocycles. The Morgan fingerprint density at radius 2 is 1.81 bits per heavy atom. The lowest BCUT2D eigenvalue weighted by Gasteiger charge is -2.15. The molecule has 1 aliphatic heterocycles. The molecule has 1 heterocycles. The van der Waals surface area contributed by atoms with Crippen LogP contribution in [-0.4, -0.2) is 46.4 Å². The van der Waals surface area contributed by atoms with Crippen LogP contribution in [0.5, 0.6) is 17.2 Å². The number of amides is 1. The third-order valence-corrected chi connectivity index (χ3v) is 3.32. The molecule has 0 spiro atoms. The van der Waals surface area contributed by atoms with Crippen molar-refractivity contribution in [2.45, 2.75) is 12.5 Å². The molecule has 21 heavy (non-hydrogen) atoms. The second-order valence-electron chi connectivity index (χ2n) is 4.58. The van der Waals surface area contributed by atoms with Gasteiger partial charge in [0.1, 0.15) is 0 Å². The molecule has 6 nitrogen and oxygen atoms in total. The van der Waals surface area contributed by atoms with Crippen molar-refractivity contribution in [3.05, 3.63) is 17.7 Å². The van der Waals surface area contributed by atoms with E-state index in [1.807, 2.05) is 0 Å². The molecular weight excluding hydrogens is 296 g/mol. The second kappa shape index (κ2) is 7.95. The topological polar surface area (TPSA) is 68.8 Å². The summed E-state index contributed by atoms with van der Waals surface area (Å²) in [7, 11) is 4.59. The standard InChI is InChI=1S/C14H20N2O4.ClH/c1-18-11-6-9(7-12(19-2)13(11)20-3)14(17)16-10-4-5-15-8-10;/h6-7,10,15H,4-5,8H2,1-3H3,(H,16,17);1H. The molecule has 7 heteroatoms. The molecule has 1 amide bonds. The van der Waals surface area contributed by atoms with E-state index in [1.54, 1.807) is 12.1 Å². The summed E-state index contributed by atoms with van der Waals surface area (Å²) in [5.74, 6) is 1.29.